The van der Waals surface area contributed by atoms with Gasteiger partial charge in [-0.2, -0.15) is 0 Å². The molecule has 1 rings (SSSR count). The molecule has 0 unspecified atom stereocenters. The van der Waals surface area contributed by atoms with Crippen LogP contribution in [0.25, 0.3) is 0 Å². The summed E-state index contributed by atoms with van der Waals surface area (Å²) in [6, 6.07) is 0. The van der Waals surface area contributed by atoms with Crippen LogP contribution < -0.4 is 5.73 Å². The maximum Gasteiger partial charge on any atom is 0.0760 e. The lowest BCUT2D eigenvalue weighted by Gasteiger charge is -2.47. The lowest BCUT2D eigenvalue weighted by molar-refractivity contribution is -0.180. The second-order valence-corrected chi connectivity index (χ2v) is 6.43. The number of nitrogens with two attached hydrogens (primary N) is 1. The Morgan fingerprint density at radius 1 is 1.25 bits per heavy atom. The number of hydrogen-bond donors (Lipinski definition) is 1. The summed E-state index contributed by atoms with van der Waals surface area (Å²) in [7, 11) is 0. The van der Waals surface area contributed by atoms with Gasteiger partial charge in [0.1, 0.15) is 0 Å². The van der Waals surface area contributed by atoms with E-state index in [-0.39, 0.29) is 11.2 Å². The smallest absolute Gasteiger partial charge is 0.0760 e. The molecule has 0 aromatic carbocycles. The van der Waals surface area contributed by atoms with Gasteiger partial charge in [0.05, 0.1) is 16.2 Å². The van der Waals surface area contributed by atoms with E-state index in [0.29, 0.717) is 4.99 Å². The van der Waals surface area contributed by atoms with E-state index in [9.17, 15) is 0 Å². The minimum Gasteiger partial charge on any atom is -0.393 e. The lowest BCUT2D eigenvalue weighted by Crippen LogP contribution is -2.57. The minimum atomic E-state index is -0.0645. The van der Waals surface area contributed by atoms with Crippen molar-refractivity contribution in [2.24, 2.45) is 5.73 Å². The molecular weight excluding hydrogens is 220 g/mol. The normalized spacial score (nSPS) is 24.2. The molecule has 16 heavy (non-hydrogen) atoms. The number of morpholine rings is 1. The summed E-state index contributed by atoms with van der Waals surface area (Å²) < 4.78 is 6.03. The van der Waals surface area contributed by atoms with E-state index in [0.717, 1.165) is 32.5 Å². The molecule has 0 aromatic rings. The van der Waals surface area contributed by atoms with Gasteiger partial charge in [-0.1, -0.05) is 12.2 Å². The Balaban J connectivity index is 2.45. The fraction of sp³-hybridized carbons (Fsp3) is 0.917. The summed E-state index contributed by atoms with van der Waals surface area (Å²) >= 11 is 4.89. The maximum atomic E-state index is 6.03. The molecule has 0 bridgehead atoms. The van der Waals surface area contributed by atoms with Crippen molar-refractivity contribution in [2.75, 3.05) is 19.6 Å². The van der Waals surface area contributed by atoms with Crippen molar-refractivity contribution in [3.8, 4) is 0 Å². The van der Waals surface area contributed by atoms with Gasteiger partial charge < -0.3 is 10.5 Å². The topological polar surface area (TPSA) is 38.5 Å². The highest BCUT2D eigenvalue weighted by atomic mass is 32.1. The quantitative estimate of drug-likeness (QED) is 0.767. The number of hydrogen-bond acceptors (Lipinski definition) is 3. The zero-order chi connectivity index (χ0) is 12.4. The maximum absolute atomic E-state index is 6.03. The average molecular weight is 244 g/mol. The summed E-state index contributed by atoms with van der Waals surface area (Å²) in [4.78, 5) is 3.06. The molecule has 1 aliphatic rings. The second kappa shape index (κ2) is 4.98. The van der Waals surface area contributed by atoms with Gasteiger partial charge in [-0.25, -0.2) is 0 Å². The Bertz CT molecular complexity index is 248. The summed E-state index contributed by atoms with van der Waals surface area (Å²) in [6.45, 7) is 11.6. The minimum absolute atomic E-state index is 0.0645. The zero-order valence-corrected chi connectivity index (χ0v) is 11.7. The van der Waals surface area contributed by atoms with E-state index in [1.54, 1.807) is 0 Å². The van der Waals surface area contributed by atoms with E-state index in [4.69, 9.17) is 22.7 Å². The highest BCUT2D eigenvalue weighted by Crippen LogP contribution is 2.27. The fourth-order valence-corrected chi connectivity index (χ4v) is 2.72. The van der Waals surface area contributed by atoms with Gasteiger partial charge in [0, 0.05) is 13.1 Å². The molecule has 0 radical (unpaired) electrons. The summed E-state index contributed by atoms with van der Waals surface area (Å²) in [6.07, 6.45) is 1.88. The van der Waals surface area contributed by atoms with Crippen molar-refractivity contribution in [1.29, 1.82) is 0 Å². The van der Waals surface area contributed by atoms with Gasteiger partial charge in [-0.3, -0.25) is 4.90 Å². The predicted molar refractivity (Wildman–Crippen MR) is 71.7 cm³/mol. The van der Waals surface area contributed by atoms with Gasteiger partial charge in [0.15, 0.2) is 0 Å². The number of nitrogens with zero attached hydrogens (tertiary/aromatic N) is 1. The third-order valence-corrected chi connectivity index (χ3v) is 2.86. The van der Waals surface area contributed by atoms with Crippen LogP contribution in [0.2, 0.25) is 0 Å². The number of thiocarbonyl (C=S) groups is 1. The Kier molecular flexibility index (Phi) is 4.32. The van der Waals surface area contributed by atoms with Crippen LogP contribution >= 0.6 is 12.2 Å². The molecule has 1 aliphatic heterocycles. The molecule has 94 valence electrons. The van der Waals surface area contributed by atoms with Crippen LogP contribution in [-0.4, -0.2) is 40.7 Å². The fourth-order valence-electron chi connectivity index (χ4n) is 2.58. The molecular formula is C12H24N2OS. The summed E-state index contributed by atoms with van der Waals surface area (Å²) in [5.41, 5.74) is 5.37. The van der Waals surface area contributed by atoms with E-state index >= 15 is 0 Å². The largest absolute Gasteiger partial charge is 0.393 e. The summed E-state index contributed by atoms with van der Waals surface area (Å²) in [5.74, 6) is 0. The van der Waals surface area contributed by atoms with Crippen LogP contribution in [0.15, 0.2) is 0 Å². The SMILES string of the molecule is CC1(C)CN(CCCC(N)=S)CC(C)(C)O1. The first kappa shape index (κ1) is 13.9. The van der Waals surface area contributed by atoms with Crippen LogP contribution in [0.5, 0.6) is 0 Å². The third-order valence-electron chi connectivity index (χ3n) is 2.66. The molecule has 3 nitrogen and oxygen atoms in total. The Labute approximate surface area is 104 Å². The molecule has 0 aliphatic carbocycles. The van der Waals surface area contributed by atoms with Gasteiger partial charge in [0.25, 0.3) is 0 Å². The van der Waals surface area contributed by atoms with Crippen molar-refractivity contribution in [3.63, 3.8) is 0 Å². The van der Waals surface area contributed by atoms with Gasteiger partial charge >= 0.3 is 0 Å². The standard InChI is InChI=1S/C12H24N2OS/c1-11(2)8-14(7-5-6-10(13)16)9-12(3,4)15-11/h5-9H2,1-4H3,(H2,13,16). The Hall–Kier alpha value is -0.190. The molecule has 1 fully saturated rings. The first-order valence-electron chi connectivity index (χ1n) is 5.91. The number of rotatable bonds is 4. The van der Waals surface area contributed by atoms with Crippen molar-refractivity contribution in [1.82, 2.24) is 4.90 Å². The Morgan fingerprint density at radius 3 is 2.19 bits per heavy atom. The summed E-state index contributed by atoms with van der Waals surface area (Å²) in [5, 5.41) is 0. The van der Waals surface area contributed by atoms with Crippen LogP contribution in [0.4, 0.5) is 0 Å². The molecule has 4 heteroatoms. The molecule has 0 saturated carbocycles. The van der Waals surface area contributed by atoms with E-state index in [1.807, 2.05) is 0 Å². The van der Waals surface area contributed by atoms with Gasteiger partial charge in [0.2, 0.25) is 0 Å². The lowest BCUT2D eigenvalue weighted by atomic mass is 9.99. The average Bonchev–Trinajstić information content (AvgIpc) is 1.96. The van der Waals surface area contributed by atoms with Crippen LogP contribution in [-0.2, 0) is 4.74 Å². The van der Waals surface area contributed by atoms with E-state index in [1.165, 1.54) is 0 Å². The highest BCUT2D eigenvalue weighted by molar-refractivity contribution is 7.80. The predicted octanol–water partition coefficient (Wildman–Crippen LogP) is 1.94. The van der Waals surface area contributed by atoms with E-state index in [2.05, 4.69) is 32.6 Å². The zero-order valence-electron chi connectivity index (χ0n) is 10.9. The molecule has 2 N–H and O–H groups in total. The molecule has 1 heterocycles. The monoisotopic (exact) mass is 244 g/mol. The first-order chi connectivity index (χ1) is 7.20. The van der Waals surface area contributed by atoms with Crippen molar-refractivity contribution in [3.05, 3.63) is 0 Å². The van der Waals surface area contributed by atoms with Crippen molar-refractivity contribution in [2.45, 2.75) is 51.7 Å². The van der Waals surface area contributed by atoms with Crippen LogP contribution in [0, 0.1) is 0 Å². The second-order valence-electron chi connectivity index (χ2n) is 5.90. The van der Waals surface area contributed by atoms with Gasteiger partial charge in [-0.05, 0) is 47.1 Å². The highest BCUT2D eigenvalue weighted by Gasteiger charge is 2.37. The molecule has 0 atom stereocenters. The van der Waals surface area contributed by atoms with Crippen LogP contribution in [0.3, 0.4) is 0 Å². The molecule has 1 saturated heterocycles. The van der Waals surface area contributed by atoms with Crippen LogP contribution in [0.1, 0.15) is 40.5 Å². The van der Waals surface area contributed by atoms with Crippen molar-refractivity contribution >= 4 is 17.2 Å². The Morgan fingerprint density at radius 2 is 1.75 bits per heavy atom. The molecule has 0 spiro atoms. The molecule has 0 aromatic heterocycles. The third kappa shape index (κ3) is 4.76. The first-order valence-corrected chi connectivity index (χ1v) is 6.32. The number of ether oxygens (including phenoxy) is 1. The van der Waals surface area contributed by atoms with Crippen molar-refractivity contribution < 1.29 is 4.74 Å². The van der Waals surface area contributed by atoms with Gasteiger partial charge in [-0.15, -0.1) is 0 Å². The molecule has 0 amide bonds. The van der Waals surface area contributed by atoms with E-state index < -0.39 is 0 Å².